The van der Waals surface area contributed by atoms with Crippen LogP contribution in [0.5, 0.6) is 0 Å². The Balaban J connectivity index is 2.16. The summed E-state index contributed by atoms with van der Waals surface area (Å²) in [6, 6.07) is 12.8. The second-order valence-corrected chi connectivity index (χ2v) is 5.90. The van der Waals surface area contributed by atoms with E-state index in [4.69, 9.17) is 17.3 Å². The smallest absolute Gasteiger partial charge is 0.250 e. The second kappa shape index (κ2) is 8.30. The Hall–Kier alpha value is -2.86. The third-order valence-electron chi connectivity index (χ3n) is 3.51. The Morgan fingerprint density at radius 3 is 2.32 bits per heavy atom. The van der Waals surface area contributed by atoms with Crippen LogP contribution in [-0.4, -0.2) is 17.7 Å². The van der Waals surface area contributed by atoms with Crippen LogP contribution in [0.25, 0.3) is 0 Å². The highest BCUT2D eigenvalue weighted by Gasteiger charge is 2.18. The molecule has 0 aliphatic carbocycles. The first-order chi connectivity index (χ1) is 11.9. The first kappa shape index (κ1) is 18.5. The zero-order chi connectivity index (χ0) is 18.4. The molecule has 1 unspecified atom stereocenters. The fourth-order valence-corrected chi connectivity index (χ4v) is 2.51. The summed E-state index contributed by atoms with van der Waals surface area (Å²) in [5, 5.41) is 5.96. The number of nitrogens with one attached hydrogen (secondary N) is 2. The van der Waals surface area contributed by atoms with Gasteiger partial charge in [-0.3, -0.25) is 14.4 Å². The maximum Gasteiger partial charge on any atom is 0.250 e. The zero-order valence-corrected chi connectivity index (χ0v) is 14.3. The molecule has 0 fully saturated rings. The van der Waals surface area contributed by atoms with E-state index >= 15 is 0 Å². The SMILES string of the molecule is CC(=O)NC(CC(=O)Nc1ccccc1C(N)=O)c1ccc(Cl)cc1. The van der Waals surface area contributed by atoms with Gasteiger partial charge in [-0.1, -0.05) is 35.9 Å². The molecule has 4 N–H and O–H groups in total. The Kier molecular flexibility index (Phi) is 6.14. The molecule has 3 amide bonds. The number of carbonyl (C=O) groups is 3. The molecule has 1 atom stereocenters. The number of para-hydroxylation sites is 1. The lowest BCUT2D eigenvalue weighted by Gasteiger charge is -2.18. The number of primary amides is 1. The number of halogens is 1. The molecule has 6 nitrogen and oxygen atoms in total. The molecule has 25 heavy (non-hydrogen) atoms. The van der Waals surface area contributed by atoms with Crippen molar-refractivity contribution in [1.82, 2.24) is 5.32 Å². The van der Waals surface area contributed by atoms with Gasteiger partial charge >= 0.3 is 0 Å². The summed E-state index contributed by atoms with van der Waals surface area (Å²) in [5.41, 5.74) is 6.60. The first-order valence-corrected chi connectivity index (χ1v) is 7.96. The molecule has 2 rings (SSSR count). The van der Waals surface area contributed by atoms with E-state index in [1.54, 1.807) is 42.5 Å². The summed E-state index contributed by atoms with van der Waals surface area (Å²) >= 11 is 5.87. The van der Waals surface area contributed by atoms with Gasteiger partial charge in [-0.2, -0.15) is 0 Å². The summed E-state index contributed by atoms with van der Waals surface area (Å²) in [7, 11) is 0. The van der Waals surface area contributed by atoms with Crippen LogP contribution < -0.4 is 16.4 Å². The van der Waals surface area contributed by atoms with Gasteiger partial charge in [0.15, 0.2) is 0 Å². The molecule has 0 bridgehead atoms. The molecule has 2 aromatic rings. The van der Waals surface area contributed by atoms with Crippen LogP contribution in [0, 0.1) is 0 Å². The van der Waals surface area contributed by atoms with Crippen LogP contribution >= 0.6 is 11.6 Å². The van der Waals surface area contributed by atoms with Crippen molar-refractivity contribution in [1.29, 1.82) is 0 Å². The van der Waals surface area contributed by atoms with Gasteiger partial charge in [-0.25, -0.2) is 0 Å². The molecule has 0 saturated heterocycles. The first-order valence-electron chi connectivity index (χ1n) is 7.58. The Morgan fingerprint density at radius 1 is 1.08 bits per heavy atom. The molecule has 0 spiro atoms. The van der Waals surface area contributed by atoms with Crippen molar-refractivity contribution in [2.75, 3.05) is 5.32 Å². The Labute approximate surface area is 150 Å². The summed E-state index contributed by atoms with van der Waals surface area (Å²) < 4.78 is 0. The van der Waals surface area contributed by atoms with Crippen LogP contribution in [0.1, 0.15) is 35.3 Å². The number of nitrogens with two attached hydrogens (primary N) is 1. The van der Waals surface area contributed by atoms with Gasteiger partial charge in [0.2, 0.25) is 11.8 Å². The number of rotatable bonds is 6. The Bertz CT molecular complexity index is 790. The zero-order valence-electron chi connectivity index (χ0n) is 13.6. The largest absolute Gasteiger partial charge is 0.366 e. The van der Waals surface area contributed by atoms with Crippen LogP contribution in [0.3, 0.4) is 0 Å². The summed E-state index contributed by atoms with van der Waals surface area (Å²) in [6.07, 6.45) is -0.00565. The fraction of sp³-hybridized carbons (Fsp3) is 0.167. The third-order valence-corrected chi connectivity index (χ3v) is 3.76. The maximum absolute atomic E-state index is 12.4. The lowest BCUT2D eigenvalue weighted by Crippen LogP contribution is -2.30. The standard InChI is InChI=1S/C18H18ClN3O3/c1-11(23)21-16(12-6-8-13(19)9-7-12)10-17(24)22-15-5-3-2-4-14(15)18(20)25/h2-9,16H,10H2,1H3,(H2,20,25)(H,21,23)(H,22,24). The van der Waals surface area contributed by atoms with E-state index in [0.29, 0.717) is 10.7 Å². The molecule has 0 radical (unpaired) electrons. The normalized spacial score (nSPS) is 11.4. The highest BCUT2D eigenvalue weighted by molar-refractivity contribution is 6.30. The topological polar surface area (TPSA) is 101 Å². The molecular formula is C18H18ClN3O3. The Morgan fingerprint density at radius 2 is 1.72 bits per heavy atom. The predicted octanol–water partition coefficient (Wildman–Crippen LogP) is 2.64. The van der Waals surface area contributed by atoms with Crippen LogP contribution in [0.15, 0.2) is 48.5 Å². The van der Waals surface area contributed by atoms with Crippen LogP contribution in [-0.2, 0) is 9.59 Å². The van der Waals surface area contributed by atoms with Crippen molar-refractivity contribution in [3.05, 3.63) is 64.7 Å². The maximum atomic E-state index is 12.4. The number of anilines is 1. The van der Waals surface area contributed by atoms with E-state index in [1.807, 2.05) is 0 Å². The molecule has 7 heteroatoms. The van der Waals surface area contributed by atoms with Crippen molar-refractivity contribution in [2.45, 2.75) is 19.4 Å². The van der Waals surface area contributed by atoms with E-state index in [9.17, 15) is 14.4 Å². The number of hydrogen-bond acceptors (Lipinski definition) is 3. The fourth-order valence-electron chi connectivity index (χ4n) is 2.39. The molecule has 0 aliphatic heterocycles. The number of benzene rings is 2. The highest BCUT2D eigenvalue weighted by Crippen LogP contribution is 2.21. The third kappa shape index (κ3) is 5.32. The van der Waals surface area contributed by atoms with Gasteiger partial charge in [0, 0.05) is 11.9 Å². The highest BCUT2D eigenvalue weighted by atomic mass is 35.5. The van der Waals surface area contributed by atoms with Crippen molar-refractivity contribution in [2.24, 2.45) is 5.73 Å². The molecule has 0 aliphatic rings. The van der Waals surface area contributed by atoms with E-state index in [1.165, 1.54) is 13.0 Å². The van der Waals surface area contributed by atoms with Gasteiger partial charge in [0.05, 0.1) is 23.7 Å². The van der Waals surface area contributed by atoms with Gasteiger partial charge in [0.1, 0.15) is 0 Å². The van der Waals surface area contributed by atoms with E-state index in [0.717, 1.165) is 5.56 Å². The van der Waals surface area contributed by atoms with Crippen molar-refractivity contribution < 1.29 is 14.4 Å². The van der Waals surface area contributed by atoms with Crippen LogP contribution in [0.4, 0.5) is 5.69 Å². The minimum atomic E-state index is -0.632. The van der Waals surface area contributed by atoms with E-state index in [-0.39, 0.29) is 23.8 Å². The lowest BCUT2D eigenvalue weighted by molar-refractivity contribution is -0.120. The van der Waals surface area contributed by atoms with E-state index in [2.05, 4.69) is 10.6 Å². The average Bonchev–Trinajstić information content (AvgIpc) is 2.54. The molecule has 0 aromatic heterocycles. The van der Waals surface area contributed by atoms with Gasteiger partial charge in [-0.15, -0.1) is 0 Å². The number of hydrogen-bond donors (Lipinski definition) is 3. The summed E-state index contributed by atoms with van der Waals surface area (Å²) in [6.45, 7) is 1.38. The minimum Gasteiger partial charge on any atom is -0.366 e. The predicted molar refractivity (Wildman–Crippen MR) is 96.2 cm³/mol. The number of amides is 3. The van der Waals surface area contributed by atoms with E-state index < -0.39 is 11.9 Å². The summed E-state index contributed by atoms with van der Waals surface area (Å²) in [4.78, 5) is 35.3. The molecule has 0 saturated carbocycles. The van der Waals surface area contributed by atoms with Crippen molar-refractivity contribution in [3.8, 4) is 0 Å². The number of carbonyl (C=O) groups excluding carboxylic acids is 3. The van der Waals surface area contributed by atoms with Gasteiger partial charge < -0.3 is 16.4 Å². The average molecular weight is 360 g/mol. The lowest BCUT2D eigenvalue weighted by atomic mass is 10.0. The van der Waals surface area contributed by atoms with Gasteiger partial charge in [0.25, 0.3) is 5.91 Å². The quantitative estimate of drug-likeness (QED) is 0.738. The molecule has 2 aromatic carbocycles. The molecule has 130 valence electrons. The van der Waals surface area contributed by atoms with Crippen LogP contribution in [0.2, 0.25) is 5.02 Å². The second-order valence-electron chi connectivity index (χ2n) is 5.47. The summed E-state index contributed by atoms with van der Waals surface area (Å²) in [5.74, 6) is -1.25. The molecule has 0 heterocycles. The minimum absolute atomic E-state index is 0.00565. The monoisotopic (exact) mass is 359 g/mol. The molecular weight excluding hydrogens is 342 g/mol. The van der Waals surface area contributed by atoms with Gasteiger partial charge in [-0.05, 0) is 29.8 Å². The van der Waals surface area contributed by atoms with Crippen molar-refractivity contribution >= 4 is 35.0 Å². The van der Waals surface area contributed by atoms with Crippen molar-refractivity contribution in [3.63, 3.8) is 0 Å².